The van der Waals surface area contributed by atoms with Crippen molar-refractivity contribution in [2.24, 2.45) is 5.41 Å². The Morgan fingerprint density at radius 3 is 1.62 bits per heavy atom. The maximum Gasteiger partial charge on any atom is 0.0212 e. The summed E-state index contributed by atoms with van der Waals surface area (Å²) < 4.78 is 0. The van der Waals surface area contributed by atoms with Gasteiger partial charge in [-0.2, -0.15) is 0 Å². The van der Waals surface area contributed by atoms with E-state index in [-0.39, 0.29) is 0 Å². The highest BCUT2D eigenvalue weighted by Gasteiger charge is 2.75. The van der Waals surface area contributed by atoms with Crippen LogP contribution in [0.1, 0.15) is 20.8 Å². The van der Waals surface area contributed by atoms with E-state index >= 15 is 0 Å². The van der Waals surface area contributed by atoms with Gasteiger partial charge in [0, 0.05) is 10.3 Å². The minimum Gasteiger partial charge on any atom is -0.101 e. The van der Waals surface area contributed by atoms with Crippen LogP contribution in [0.3, 0.4) is 0 Å². The fourth-order valence-electron chi connectivity index (χ4n) is 1.24. The molecule has 2 rings (SSSR count). The number of rotatable bonds is 0. The van der Waals surface area contributed by atoms with Gasteiger partial charge in [-0.25, -0.2) is 0 Å². The third-order valence-corrected chi connectivity index (χ3v) is 8.31. The Balaban J connectivity index is 2.17. The first-order chi connectivity index (χ1) is 3.56. The SMILES string of the molecule is CC(C)(C)C12PC1P2. The Morgan fingerprint density at radius 2 is 1.62 bits per heavy atom. The van der Waals surface area contributed by atoms with Crippen LogP contribution in [0.2, 0.25) is 0 Å². The quantitative estimate of drug-likeness (QED) is 0.460. The van der Waals surface area contributed by atoms with Crippen LogP contribution in [0.15, 0.2) is 0 Å². The van der Waals surface area contributed by atoms with Crippen LogP contribution < -0.4 is 0 Å². The first-order valence-corrected chi connectivity index (χ1v) is 5.27. The molecule has 0 aliphatic carbocycles. The summed E-state index contributed by atoms with van der Waals surface area (Å²) >= 11 is 0. The second-order valence-electron chi connectivity index (χ2n) is 3.78. The van der Waals surface area contributed by atoms with E-state index in [1.807, 2.05) is 0 Å². The van der Waals surface area contributed by atoms with E-state index in [0.717, 1.165) is 4.90 Å². The van der Waals surface area contributed by atoms with Crippen LogP contribution in [-0.4, -0.2) is 10.3 Å². The Kier molecular flexibility index (Phi) is 0.816. The van der Waals surface area contributed by atoms with Crippen molar-refractivity contribution in [3.63, 3.8) is 0 Å². The van der Waals surface area contributed by atoms with Crippen molar-refractivity contribution in [1.29, 1.82) is 0 Å². The van der Waals surface area contributed by atoms with E-state index in [2.05, 4.69) is 20.8 Å². The molecule has 0 N–H and O–H groups in total. The molecule has 0 saturated carbocycles. The van der Waals surface area contributed by atoms with Crippen LogP contribution in [0.25, 0.3) is 0 Å². The summed E-state index contributed by atoms with van der Waals surface area (Å²) in [5.41, 5.74) is 0.647. The van der Waals surface area contributed by atoms with Crippen LogP contribution in [0, 0.1) is 5.41 Å². The maximum absolute atomic E-state index is 2.39. The van der Waals surface area contributed by atoms with Gasteiger partial charge in [0.1, 0.15) is 0 Å². The molecular formula is C6H12P2. The summed E-state index contributed by atoms with van der Waals surface area (Å²) in [6.07, 6.45) is 0. The maximum atomic E-state index is 2.39. The molecule has 46 valence electrons. The summed E-state index contributed by atoms with van der Waals surface area (Å²) in [7, 11) is 2.68. The van der Waals surface area contributed by atoms with Gasteiger partial charge in [0.05, 0.1) is 0 Å². The molecule has 2 saturated heterocycles. The van der Waals surface area contributed by atoms with Crippen molar-refractivity contribution in [3.8, 4) is 0 Å². The number of hydrogen-bond donors (Lipinski definition) is 0. The number of hydrogen-bond acceptors (Lipinski definition) is 0. The van der Waals surface area contributed by atoms with Gasteiger partial charge in [-0.3, -0.25) is 0 Å². The minimum atomic E-state index is 0.647. The normalized spacial score (nSPS) is 56.6. The molecule has 2 heterocycles. The molecular weight excluding hydrogens is 134 g/mol. The molecule has 0 aromatic carbocycles. The van der Waals surface area contributed by atoms with E-state index in [4.69, 9.17) is 0 Å². The second-order valence-corrected chi connectivity index (χ2v) is 8.17. The summed E-state index contributed by atoms with van der Waals surface area (Å²) in [6.45, 7) is 7.17. The predicted octanol–water partition coefficient (Wildman–Crippen LogP) is 2.44. The second kappa shape index (κ2) is 1.16. The van der Waals surface area contributed by atoms with Crippen LogP contribution in [0.5, 0.6) is 0 Å². The van der Waals surface area contributed by atoms with Crippen molar-refractivity contribution in [2.75, 3.05) is 0 Å². The molecule has 0 spiro atoms. The molecule has 2 atom stereocenters. The first-order valence-electron chi connectivity index (χ1n) is 3.12. The summed E-state index contributed by atoms with van der Waals surface area (Å²) in [4.78, 5) is 0.910. The van der Waals surface area contributed by atoms with E-state index in [0.29, 0.717) is 5.41 Å². The largest absolute Gasteiger partial charge is 0.101 e. The third-order valence-electron chi connectivity index (χ3n) is 2.19. The van der Waals surface area contributed by atoms with Crippen molar-refractivity contribution in [1.82, 2.24) is 0 Å². The molecule has 2 aliphatic heterocycles. The zero-order valence-corrected chi connectivity index (χ0v) is 7.58. The zero-order valence-electron chi connectivity index (χ0n) is 5.58. The Labute approximate surface area is 54.4 Å². The monoisotopic (exact) mass is 146 g/mol. The molecule has 0 aromatic rings. The molecule has 2 heteroatoms. The lowest BCUT2D eigenvalue weighted by Crippen LogP contribution is -2.15. The number of fused-ring (bicyclic) bond motifs is 1. The molecule has 2 aliphatic rings. The standard InChI is InChI=1S/C6H12P2/c1-5(2,3)6-4(7-6)8-6/h4,7-8H,1-3H3. The van der Waals surface area contributed by atoms with Crippen molar-refractivity contribution < 1.29 is 0 Å². The van der Waals surface area contributed by atoms with E-state index < -0.39 is 0 Å². The van der Waals surface area contributed by atoms with Crippen molar-refractivity contribution in [2.45, 2.75) is 31.1 Å². The third kappa shape index (κ3) is 0.493. The Morgan fingerprint density at radius 1 is 1.25 bits per heavy atom. The van der Waals surface area contributed by atoms with Gasteiger partial charge in [-0.1, -0.05) is 20.8 Å². The summed E-state index contributed by atoms with van der Waals surface area (Å²) in [5.74, 6) is 0. The average molecular weight is 146 g/mol. The molecule has 0 aromatic heterocycles. The molecule has 8 heavy (non-hydrogen) atoms. The molecule has 2 unspecified atom stereocenters. The van der Waals surface area contributed by atoms with Gasteiger partial charge >= 0.3 is 0 Å². The Bertz CT molecular complexity index is 128. The molecule has 0 amide bonds. The lowest BCUT2D eigenvalue weighted by atomic mass is 9.93. The van der Waals surface area contributed by atoms with E-state index in [1.54, 1.807) is 0 Å². The van der Waals surface area contributed by atoms with E-state index in [1.165, 1.54) is 22.6 Å². The van der Waals surface area contributed by atoms with Gasteiger partial charge < -0.3 is 0 Å². The highest BCUT2D eigenvalue weighted by Crippen LogP contribution is 2.97. The Hall–Kier alpha value is 0.860. The fraction of sp³-hybridized carbons (Fsp3) is 1.00. The molecule has 2 fully saturated rings. The smallest absolute Gasteiger partial charge is 0.0212 e. The first kappa shape index (κ1) is 5.63. The van der Waals surface area contributed by atoms with Crippen molar-refractivity contribution >= 4 is 17.2 Å². The topological polar surface area (TPSA) is 0 Å². The zero-order chi connectivity index (χ0) is 5.99. The van der Waals surface area contributed by atoms with Crippen LogP contribution in [0.4, 0.5) is 0 Å². The molecule has 0 radical (unpaired) electrons. The van der Waals surface area contributed by atoms with Crippen LogP contribution in [-0.2, 0) is 0 Å². The summed E-state index contributed by atoms with van der Waals surface area (Å²) in [6, 6.07) is 0. The highest BCUT2D eigenvalue weighted by atomic mass is 31.2. The van der Waals surface area contributed by atoms with Crippen LogP contribution >= 0.6 is 17.2 Å². The van der Waals surface area contributed by atoms with Gasteiger partial charge in [-0.15, -0.1) is 17.2 Å². The molecule has 0 nitrogen and oxygen atoms in total. The van der Waals surface area contributed by atoms with Gasteiger partial charge in [0.15, 0.2) is 0 Å². The fourth-order valence-corrected chi connectivity index (χ4v) is 5.51. The molecule has 0 bridgehead atoms. The summed E-state index contributed by atoms with van der Waals surface area (Å²) in [5, 5.41) is 1.21. The highest BCUT2D eigenvalue weighted by molar-refractivity contribution is 7.90. The lowest BCUT2D eigenvalue weighted by Gasteiger charge is -2.20. The van der Waals surface area contributed by atoms with Crippen molar-refractivity contribution in [3.05, 3.63) is 0 Å². The average Bonchev–Trinajstić information content (AvgIpc) is 1.96. The minimum absolute atomic E-state index is 0.647. The van der Waals surface area contributed by atoms with Gasteiger partial charge in [0.25, 0.3) is 0 Å². The van der Waals surface area contributed by atoms with Gasteiger partial charge in [0.2, 0.25) is 0 Å². The predicted molar refractivity (Wildman–Crippen MR) is 42.6 cm³/mol. The van der Waals surface area contributed by atoms with Gasteiger partial charge in [-0.05, 0) is 5.41 Å². The lowest BCUT2D eigenvalue weighted by molar-refractivity contribution is 0.424. The van der Waals surface area contributed by atoms with E-state index in [9.17, 15) is 0 Å².